The number of halogens is 2. The second kappa shape index (κ2) is 8.18. The molecule has 2 aromatic heterocycles. The van der Waals surface area contributed by atoms with Gasteiger partial charge in [0.2, 0.25) is 0 Å². The Balaban J connectivity index is 1.43. The quantitative estimate of drug-likeness (QED) is 0.613. The number of ether oxygens (including phenoxy) is 1. The highest BCUT2D eigenvalue weighted by Gasteiger charge is 2.27. The first-order valence-corrected chi connectivity index (χ1v) is 10.8. The molecule has 2 aliphatic heterocycles. The molecule has 162 valence electrons. The van der Waals surface area contributed by atoms with Crippen molar-refractivity contribution in [3.05, 3.63) is 58.8 Å². The summed E-state index contributed by atoms with van der Waals surface area (Å²) in [5.74, 6) is 1.20. The van der Waals surface area contributed by atoms with Crippen LogP contribution in [-0.4, -0.2) is 49.9 Å². The summed E-state index contributed by atoms with van der Waals surface area (Å²) in [7, 11) is 0. The first-order chi connectivity index (χ1) is 15.0. The molecule has 7 nitrogen and oxygen atoms in total. The Kier molecular flexibility index (Phi) is 5.37. The van der Waals surface area contributed by atoms with Crippen LogP contribution in [0.1, 0.15) is 25.0 Å². The Bertz CT molecular complexity index is 1100. The smallest absolute Gasteiger partial charge is 0.163 e. The van der Waals surface area contributed by atoms with E-state index in [1.807, 2.05) is 16.9 Å². The molecule has 0 unspecified atom stereocenters. The average molecular weight is 443 g/mol. The number of anilines is 1. The van der Waals surface area contributed by atoms with Crippen LogP contribution in [0, 0.1) is 5.82 Å². The molecule has 0 spiro atoms. The van der Waals surface area contributed by atoms with Crippen molar-refractivity contribution in [1.82, 2.24) is 24.6 Å². The molecule has 1 saturated heterocycles. The van der Waals surface area contributed by atoms with Crippen molar-refractivity contribution in [2.45, 2.75) is 45.8 Å². The van der Waals surface area contributed by atoms with E-state index in [9.17, 15) is 4.39 Å². The van der Waals surface area contributed by atoms with Gasteiger partial charge in [0.1, 0.15) is 24.6 Å². The standard InChI is InChI=1S/C22H24ClFN6O/c1-14-8-28(9-15(2)31-14)10-17-5-18-21(25-7-17)29(13-30-22(18)26-12-27-30)11-16-3-4-19(23)20(24)6-16/h3-7,12,14-15H,8-11,13H2,1-2H3/t14-,15+. The van der Waals surface area contributed by atoms with E-state index in [2.05, 4.69) is 39.8 Å². The molecule has 31 heavy (non-hydrogen) atoms. The summed E-state index contributed by atoms with van der Waals surface area (Å²) in [6, 6.07) is 7.02. The summed E-state index contributed by atoms with van der Waals surface area (Å²) in [4.78, 5) is 13.7. The van der Waals surface area contributed by atoms with Crippen molar-refractivity contribution >= 4 is 17.4 Å². The lowest BCUT2D eigenvalue weighted by atomic mass is 10.1. The summed E-state index contributed by atoms with van der Waals surface area (Å²) in [6.07, 6.45) is 3.91. The van der Waals surface area contributed by atoms with Crippen LogP contribution in [0.4, 0.5) is 10.2 Å². The van der Waals surface area contributed by atoms with E-state index in [1.54, 1.807) is 12.4 Å². The van der Waals surface area contributed by atoms with Crippen LogP contribution < -0.4 is 4.90 Å². The molecule has 0 bridgehead atoms. The van der Waals surface area contributed by atoms with Gasteiger partial charge in [-0.15, -0.1) is 0 Å². The first-order valence-electron chi connectivity index (χ1n) is 10.4. The molecular weight excluding hydrogens is 419 g/mol. The molecule has 9 heteroatoms. The van der Waals surface area contributed by atoms with Crippen LogP contribution >= 0.6 is 11.6 Å². The highest BCUT2D eigenvalue weighted by atomic mass is 35.5. The minimum atomic E-state index is -0.421. The Morgan fingerprint density at radius 2 is 1.90 bits per heavy atom. The van der Waals surface area contributed by atoms with Crippen molar-refractivity contribution in [3.8, 4) is 11.4 Å². The molecule has 2 atom stereocenters. The molecule has 5 rings (SSSR count). The van der Waals surface area contributed by atoms with Crippen LogP contribution in [0.15, 0.2) is 36.8 Å². The van der Waals surface area contributed by atoms with E-state index < -0.39 is 5.82 Å². The number of nitrogens with zero attached hydrogens (tertiary/aromatic N) is 6. The van der Waals surface area contributed by atoms with E-state index in [0.717, 1.165) is 48.0 Å². The molecule has 1 aromatic carbocycles. The summed E-state index contributed by atoms with van der Waals surface area (Å²) in [5.41, 5.74) is 2.87. The number of fused-ring (bicyclic) bond motifs is 3. The van der Waals surface area contributed by atoms with Crippen molar-refractivity contribution < 1.29 is 9.13 Å². The fourth-order valence-electron chi connectivity index (χ4n) is 4.46. The lowest BCUT2D eigenvalue weighted by molar-refractivity contribution is -0.0705. The van der Waals surface area contributed by atoms with Gasteiger partial charge in [-0.25, -0.2) is 19.0 Å². The number of rotatable bonds is 4. The molecule has 2 aliphatic rings. The van der Waals surface area contributed by atoms with E-state index in [-0.39, 0.29) is 17.2 Å². The van der Waals surface area contributed by atoms with Crippen LogP contribution in [0.3, 0.4) is 0 Å². The van der Waals surface area contributed by atoms with Gasteiger partial charge in [-0.3, -0.25) is 4.90 Å². The van der Waals surface area contributed by atoms with Crippen LogP contribution in [0.5, 0.6) is 0 Å². The number of morpholine rings is 1. The van der Waals surface area contributed by atoms with Crippen molar-refractivity contribution in [3.63, 3.8) is 0 Å². The molecule has 0 amide bonds. The minimum absolute atomic E-state index is 0.121. The van der Waals surface area contributed by atoms with Crippen molar-refractivity contribution in [1.29, 1.82) is 0 Å². The number of hydrogen-bond donors (Lipinski definition) is 0. The third-order valence-electron chi connectivity index (χ3n) is 5.64. The third-order valence-corrected chi connectivity index (χ3v) is 5.95. The van der Waals surface area contributed by atoms with Crippen LogP contribution in [-0.2, 0) is 24.5 Å². The molecule has 0 saturated carbocycles. The van der Waals surface area contributed by atoms with Crippen LogP contribution in [0.25, 0.3) is 11.4 Å². The predicted octanol–water partition coefficient (Wildman–Crippen LogP) is 3.72. The second-order valence-electron chi connectivity index (χ2n) is 8.34. The molecule has 0 aliphatic carbocycles. The molecule has 1 fully saturated rings. The SMILES string of the molecule is C[C@@H]1CN(Cc2cnc3c(c2)-c2ncnn2CN3Cc2ccc(Cl)c(F)c2)C[C@H](C)O1. The third kappa shape index (κ3) is 4.15. The van der Waals surface area contributed by atoms with E-state index in [0.29, 0.717) is 13.2 Å². The number of hydrogen-bond acceptors (Lipinski definition) is 6. The van der Waals surface area contributed by atoms with Gasteiger partial charge >= 0.3 is 0 Å². The summed E-state index contributed by atoms with van der Waals surface area (Å²) in [5, 5.41) is 4.48. The van der Waals surface area contributed by atoms with E-state index >= 15 is 0 Å². The van der Waals surface area contributed by atoms with E-state index in [4.69, 9.17) is 21.3 Å². The number of benzene rings is 1. The Labute approximate surface area is 185 Å². The zero-order valence-corrected chi connectivity index (χ0v) is 18.3. The molecule has 3 aromatic rings. The lowest BCUT2D eigenvalue weighted by Crippen LogP contribution is -2.44. The van der Waals surface area contributed by atoms with Crippen molar-refractivity contribution in [2.75, 3.05) is 18.0 Å². The Hall–Kier alpha value is -2.55. The minimum Gasteiger partial charge on any atom is -0.373 e. The maximum atomic E-state index is 13.9. The molecule has 4 heterocycles. The number of aromatic nitrogens is 4. The van der Waals surface area contributed by atoms with Gasteiger partial charge in [0.25, 0.3) is 0 Å². The maximum Gasteiger partial charge on any atom is 0.163 e. The maximum absolute atomic E-state index is 13.9. The first kappa shape index (κ1) is 20.4. The second-order valence-corrected chi connectivity index (χ2v) is 8.74. The van der Waals surface area contributed by atoms with Crippen molar-refractivity contribution in [2.24, 2.45) is 0 Å². The zero-order chi connectivity index (χ0) is 21.5. The molecular formula is C22H24ClFN6O. The van der Waals surface area contributed by atoms with Gasteiger partial charge in [-0.1, -0.05) is 17.7 Å². The summed E-state index contributed by atoms with van der Waals surface area (Å²) < 4.78 is 21.6. The monoisotopic (exact) mass is 442 g/mol. The zero-order valence-electron chi connectivity index (χ0n) is 17.5. The molecule has 0 radical (unpaired) electrons. The predicted molar refractivity (Wildman–Crippen MR) is 116 cm³/mol. The van der Waals surface area contributed by atoms with Gasteiger partial charge < -0.3 is 9.64 Å². The Morgan fingerprint density at radius 1 is 1.10 bits per heavy atom. The average Bonchev–Trinajstić information content (AvgIpc) is 3.19. The fourth-order valence-corrected chi connectivity index (χ4v) is 4.58. The van der Waals surface area contributed by atoms with Gasteiger partial charge in [0.05, 0.1) is 22.8 Å². The van der Waals surface area contributed by atoms with Gasteiger partial charge in [0.15, 0.2) is 5.82 Å². The largest absolute Gasteiger partial charge is 0.373 e. The number of pyridine rings is 1. The van der Waals surface area contributed by atoms with Gasteiger partial charge in [-0.05, 0) is 43.2 Å². The van der Waals surface area contributed by atoms with Gasteiger partial charge in [0, 0.05) is 32.4 Å². The highest BCUT2D eigenvalue weighted by molar-refractivity contribution is 6.30. The highest BCUT2D eigenvalue weighted by Crippen LogP contribution is 2.34. The molecule has 0 N–H and O–H groups in total. The lowest BCUT2D eigenvalue weighted by Gasteiger charge is -2.35. The summed E-state index contributed by atoms with van der Waals surface area (Å²) in [6.45, 7) is 7.79. The topological polar surface area (TPSA) is 59.3 Å². The fraction of sp³-hybridized carbons (Fsp3) is 0.409. The van der Waals surface area contributed by atoms with Gasteiger partial charge in [-0.2, -0.15) is 5.10 Å². The van der Waals surface area contributed by atoms with Crippen LogP contribution in [0.2, 0.25) is 5.02 Å². The summed E-state index contributed by atoms with van der Waals surface area (Å²) >= 11 is 5.84. The Morgan fingerprint density at radius 3 is 2.68 bits per heavy atom. The van der Waals surface area contributed by atoms with E-state index in [1.165, 1.54) is 6.07 Å². The normalized spacial score (nSPS) is 21.1.